The summed E-state index contributed by atoms with van der Waals surface area (Å²) in [5.74, 6) is -0.351. The molecule has 0 aliphatic carbocycles. The Morgan fingerprint density at radius 2 is 2.29 bits per heavy atom. The van der Waals surface area contributed by atoms with Crippen molar-refractivity contribution in [2.45, 2.75) is 0 Å². The van der Waals surface area contributed by atoms with Crippen molar-refractivity contribution >= 4 is 10.9 Å². The van der Waals surface area contributed by atoms with Crippen LogP contribution in [0.1, 0.15) is 5.56 Å². The molecule has 1 aromatic heterocycles. The number of methoxy groups -OCH3 is 1. The topological polar surface area (TPSA) is 48.8 Å². The molecule has 2 rings (SSSR count). The number of benzene rings is 1. The summed E-state index contributed by atoms with van der Waals surface area (Å²) in [7, 11) is 1.39. The highest BCUT2D eigenvalue weighted by atomic mass is 19.1. The van der Waals surface area contributed by atoms with Crippen LogP contribution in [-0.2, 0) is 0 Å². The number of aromatic nitrogens is 1. The fourth-order valence-electron chi connectivity index (χ4n) is 1.41. The number of ether oxygens (including phenoxy) is 1. The summed E-state index contributed by atoms with van der Waals surface area (Å²) in [6, 6.07) is 5.12. The number of rotatable bonds is 1. The third kappa shape index (κ3) is 1.03. The van der Waals surface area contributed by atoms with Crippen molar-refractivity contribution < 1.29 is 9.13 Å². The molecule has 0 aliphatic heterocycles. The van der Waals surface area contributed by atoms with Gasteiger partial charge in [-0.1, -0.05) is 0 Å². The lowest BCUT2D eigenvalue weighted by Gasteiger charge is -2.01. The predicted molar refractivity (Wildman–Crippen MR) is 49.5 cm³/mol. The van der Waals surface area contributed by atoms with Gasteiger partial charge in [0.25, 0.3) is 0 Å². The average Bonchev–Trinajstić information content (AvgIpc) is 2.62. The maximum absolute atomic E-state index is 13.7. The quantitative estimate of drug-likeness (QED) is 0.749. The Labute approximate surface area is 79.7 Å². The minimum Gasteiger partial charge on any atom is -0.494 e. The first-order chi connectivity index (χ1) is 6.77. The van der Waals surface area contributed by atoms with E-state index in [1.807, 2.05) is 6.07 Å². The zero-order valence-corrected chi connectivity index (χ0v) is 7.47. The smallest absolute Gasteiger partial charge is 0.175 e. The molecule has 0 amide bonds. The highest BCUT2D eigenvalue weighted by molar-refractivity contribution is 5.87. The Morgan fingerprint density at radius 1 is 1.50 bits per heavy atom. The summed E-state index contributed by atoms with van der Waals surface area (Å²) in [6.45, 7) is 0. The zero-order chi connectivity index (χ0) is 10.1. The van der Waals surface area contributed by atoms with Gasteiger partial charge in [0.15, 0.2) is 11.6 Å². The average molecular weight is 190 g/mol. The number of aromatic amines is 1. The van der Waals surface area contributed by atoms with E-state index < -0.39 is 5.82 Å². The van der Waals surface area contributed by atoms with Crippen LogP contribution in [0, 0.1) is 17.1 Å². The molecule has 0 radical (unpaired) electrons. The van der Waals surface area contributed by atoms with Crippen LogP contribution in [0.15, 0.2) is 18.3 Å². The third-order valence-electron chi connectivity index (χ3n) is 2.09. The first-order valence-electron chi connectivity index (χ1n) is 4.01. The second kappa shape index (κ2) is 3.04. The maximum atomic E-state index is 13.7. The summed E-state index contributed by atoms with van der Waals surface area (Å²) in [5, 5.41) is 9.02. The van der Waals surface area contributed by atoms with Gasteiger partial charge in [-0.25, -0.2) is 4.39 Å². The van der Waals surface area contributed by atoms with Crippen molar-refractivity contribution in [2.75, 3.05) is 7.11 Å². The third-order valence-corrected chi connectivity index (χ3v) is 2.09. The largest absolute Gasteiger partial charge is 0.494 e. The van der Waals surface area contributed by atoms with Gasteiger partial charge >= 0.3 is 0 Å². The van der Waals surface area contributed by atoms with E-state index in [9.17, 15) is 4.39 Å². The lowest BCUT2D eigenvalue weighted by Crippen LogP contribution is -1.88. The molecule has 0 aliphatic rings. The van der Waals surface area contributed by atoms with Crippen LogP contribution in [0.4, 0.5) is 4.39 Å². The normalized spacial score (nSPS) is 10.1. The van der Waals surface area contributed by atoms with Gasteiger partial charge in [0.1, 0.15) is 6.07 Å². The monoisotopic (exact) mass is 190 g/mol. The Balaban J connectivity index is 2.85. The molecule has 0 saturated carbocycles. The lowest BCUT2D eigenvalue weighted by molar-refractivity contribution is 0.389. The van der Waals surface area contributed by atoms with Gasteiger partial charge in [-0.2, -0.15) is 5.26 Å². The summed E-state index contributed by atoms with van der Waals surface area (Å²) in [6.07, 6.45) is 1.48. The van der Waals surface area contributed by atoms with Crippen molar-refractivity contribution in [1.82, 2.24) is 4.98 Å². The second-order valence-electron chi connectivity index (χ2n) is 2.82. The molecule has 1 N–H and O–H groups in total. The van der Waals surface area contributed by atoms with E-state index in [1.54, 1.807) is 6.07 Å². The molecule has 0 spiro atoms. The molecule has 0 saturated heterocycles. The van der Waals surface area contributed by atoms with E-state index in [4.69, 9.17) is 10.00 Å². The van der Waals surface area contributed by atoms with E-state index in [0.717, 1.165) is 0 Å². The molecule has 1 heterocycles. The highest BCUT2D eigenvalue weighted by Gasteiger charge is 2.12. The number of nitrogens with zero attached hydrogens (tertiary/aromatic N) is 1. The van der Waals surface area contributed by atoms with Crippen LogP contribution in [0.25, 0.3) is 10.9 Å². The molecule has 0 unspecified atom stereocenters. The SMILES string of the molecule is COc1ccc2[nH]cc(C#N)c2c1F. The minimum absolute atomic E-state index is 0.147. The number of H-pyrrole nitrogens is 1. The minimum atomic E-state index is -0.497. The van der Waals surface area contributed by atoms with Crippen molar-refractivity contribution in [1.29, 1.82) is 5.26 Å². The number of hydrogen-bond acceptors (Lipinski definition) is 2. The van der Waals surface area contributed by atoms with Crippen LogP contribution in [-0.4, -0.2) is 12.1 Å². The zero-order valence-electron chi connectivity index (χ0n) is 7.47. The molecule has 0 atom stereocenters. The van der Waals surface area contributed by atoms with Crippen LogP contribution in [0.3, 0.4) is 0 Å². The van der Waals surface area contributed by atoms with Crippen molar-refractivity contribution in [2.24, 2.45) is 0 Å². The second-order valence-corrected chi connectivity index (χ2v) is 2.82. The van der Waals surface area contributed by atoms with Gasteiger partial charge in [0.05, 0.1) is 18.1 Å². The van der Waals surface area contributed by atoms with Crippen LogP contribution in [0.2, 0.25) is 0 Å². The first-order valence-corrected chi connectivity index (χ1v) is 4.01. The van der Waals surface area contributed by atoms with Gasteiger partial charge in [0.2, 0.25) is 0 Å². The number of nitriles is 1. The molecule has 0 fully saturated rings. The number of hydrogen-bond donors (Lipinski definition) is 1. The van der Waals surface area contributed by atoms with Crippen molar-refractivity contribution in [3.63, 3.8) is 0 Å². The summed E-state index contributed by atoms with van der Waals surface area (Å²) < 4.78 is 18.5. The molecule has 2 aromatic rings. The van der Waals surface area contributed by atoms with Gasteiger partial charge in [-0.05, 0) is 12.1 Å². The molecule has 4 heteroatoms. The van der Waals surface area contributed by atoms with Gasteiger partial charge in [0, 0.05) is 11.7 Å². The summed E-state index contributed by atoms with van der Waals surface area (Å²) in [4.78, 5) is 2.81. The van der Waals surface area contributed by atoms with Crippen LogP contribution < -0.4 is 4.74 Å². The molecular weight excluding hydrogens is 183 g/mol. The molecule has 14 heavy (non-hydrogen) atoms. The number of nitrogens with one attached hydrogen (secondary N) is 1. The standard InChI is InChI=1S/C10H7FN2O/c1-14-8-3-2-7-9(10(8)11)6(4-12)5-13-7/h2-3,5,13H,1H3. The maximum Gasteiger partial charge on any atom is 0.175 e. The van der Waals surface area contributed by atoms with E-state index in [2.05, 4.69) is 4.98 Å². The van der Waals surface area contributed by atoms with Gasteiger partial charge in [-0.3, -0.25) is 0 Å². The fraction of sp³-hybridized carbons (Fsp3) is 0.100. The Morgan fingerprint density at radius 3 is 2.93 bits per heavy atom. The molecular formula is C10H7FN2O. The van der Waals surface area contributed by atoms with E-state index in [-0.39, 0.29) is 16.7 Å². The van der Waals surface area contributed by atoms with Crippen molar-refractivity contribution in [3.05, 3.63) is 29.7 Å². The summed E-state index contributed by atoms with van der Waals surface area (Å²) in [5.41, 5.74) is 0.885. The number of fused-ring (bicyclic) bond motifs is 1. The van der Waals surface area contributed by atoms with Crippen molar-refractivity contribution in [3.8, 4) is 11.8 Å². The van der Waals surface area contributed by atoms with Crippen LogP contribution in [0.5, 0.6) is 5.75 Å². The fourth-order valence-corrected chi connectivity index (χ4v) is 1.41. The summed E-state index contributed by atoms with van der Waals surface area (Å²) >= 11 is 0. The predicted octanol–water partition coefficient (Wildman–Crippen LogP) is 2.19. The number of halogens is 1. The van der Waals surface area contributed by atoms with E-state index in [0.29, 0.717) is 5.52 Å². The lowest BCUT2D eigenvalue weighted by atomic mass is 10.1. The molecule has 3 nitrogen and oxygen atoms in total. The van der Waals surface area contributed by atoms with Gasteiger partial charge in [-0.15, -0.1) is 0 Å². The van der Waals surface area contributed by atoms with Gasteiger partial charge < -0.3 is 9.72 Å². The first kappa shape index (κ1) is 8.57. The molecule has 1 aromatic carbocycles. The van der Waals surface area contributed by atoms with E-state index in [1.165, 1.54) is 19.4 Å². The highest BCUT2D eigenvalue weighted by Crippen LogP contribution is 2.27. The molecule has 70 valence electrons. The Kier molecular flexibility index (Phi) is 1.86. The Bertz CT molecular complexity index is 525. The Hall–Kier alpha value is -2.02. The van der Waals surface area contributed by atoms with Crippen LogP contribution >= 0.6 is 0 Å². The molecule has 0 bridgehead atoms. The van der Waals surface area contributed by atoms with E-state index >= 15 is 0 Å².